The lowest BCUT2D eigenvalue weighted by atomic mass is 10.1. The smallest absolute Gasteiger partial charge is 0.275 e. The van der Waals surface area contributed by atoms with E-state index in [4.69, 9.17) is 0 Å². The van der Waals surface area contributed by atoms with Crippen LogP contribution in [0.3, 0.4) is 0 Å². The van der Waals surface area contributed by atoms with Crippen molar-refractivity contribution in [3.8, 4) is 0 Å². The highest BCUT2D eigenvalue weighted by atomic mass is 16.2. The van der Waals surface area contributed by atoms with Gasteiger partial charge in [0.25, 0.3) is 5.91 Å². The number of nitrogens with one attached hydrogen (secondary N) is 1. The van der Waals surface area contributed by atoms with Crippen LogP contribution in [0.2, 0.25) is 0 Å². The predicted octanol–water partition coefficient (Wildman–Crippen LogP) is 1.42. The van der Waals surface area contributed by atoms with E-state index in [1.807, 2.05) is 18.2 Å². The number of amides is 2. The summed E-state index contributed by atoms with van der Waals surface area (Å²) in [5, 5.41) is 0. The quantitative estimate of drug-likeness (QED) is 0.860. The number of aromatic nitrogens is 2. The fourth-order valence-corrected chi connectivity index (χ4v) is 2.95. The number of fused-ring (bicyclic) bond motifs is 2. The molecule has 0 saturated carbocycles. The van der Waals surface area contributed by atoms with Crippen LogP contribution in [0.15, 0.2) is 36.3 Å². The normalized spacial score (nSPS) is 19.0. The predicted molar refractivity (Wildman–Crippen MR) is 77.5 cm³/mol. The Morgan fingerprint density at radius 2 is 2.14 bits per heavy atom. The standard InChI is InChI=1S/C15H14N4O2/c20-13-9-19(15(21)11-5-1-2-7-18(11)13)12-8-17-10-4-3-6-16-14(10)12/h3-6,8,17H,1-2,7,9H2. The molecule has 1 saturated heterocycles. The molecular formula is C15H14N4O2. The molecule has 4 heterocycles. The first-order valence-corrected chi connectivity index (χ1v) is 7.00. The summed E-state index contributed by atoms with van der Waals surface area (Å²) in [7, 11) is 0. The molecule has 106 valence electrons. The molecule has 0 aliphatic carbocycles. The fourth-order valence-electron chi connectivity index (χ4n) is 2.95. The second-order valence-electron chi connectivity index (χ2n) is 5.24. The van der Waals surface area contributed by atoms with Gasteiger partial charge in [0.05, 0.1) is 11.2 Å². The van der Waals surface area contributed by atoms with Gasteiger partial charge in [-0.2, -0.15) is 0 Å². The van der Waals surface area contributed by atoms with Gasteiger partial charge in [-0.05, 0) is 25.0 Å². The molecule has 2 amide bonds. The first kappa shape index (κ1) is 12.1. The molecule has 6 nitrogen and oxygen atoms in total. The lowest BCUT2D eigenvalue weighted by Gasteiger charge is -2.37. The number of rotatable bonds is 1. The highest BCUT2D eigenvalue weighted by Crippen LogP contribution is 2.30. The van der Waals surface area contributed by atoms with Crippen molar-refractivity contribution in [1.29, 1.82) is 0 Å². The minimum atomic E-state index is -0.124. The number of allylic oxidation sites excluding steroid dienone is 1. The molecule has 0 unspecified atom stereocenters. The number of aromatic amines is 1. The first-order valence-electron chi connectivity index (χ1n) is 7.00. The van der Waals surface area contributed by atoms with E-state index in [0.717, 1.165) is 18.4 Å². The van der Waals surface area contributed by atoms with E-state index in [-0.39, 0.29) is 18.4 Å². The van der Waals surface area contributed by atoms with Gasteiger partial charge in [-0.15, -0.1) is 0 Å². The molecule has 1 fully saturated rings. The maximum Gasteiger partial charge on any atom is 0.275 e. The number of H-pyrrole nitrogens is 1. The van der Waals surface area contributed by atoms with E-state index in [1.54, 1.807) is 17.3 Å². The van der Waals surface area contributed by atoms with Crippen molar-refractivity contribution in [2.24, 2.45) is 0 Å². The summed E-state index contributed by atoms with van der Waals surface area (Å²) in [6.07, 6.45) is 7.03. The first-order chi connectivity index (χ1) is 10.3. The van der Waals surface area contributed by atoms with Crippen LogP contribution in [0.5, 0.6) is 0 Å². The number of pyridine rings is 1. The molecule has 0 atom stereocenters. The van der Waals surface area contributed by atoms with Crippen LogP contribution < -0.4 is 4.90 Å². The van der Waals surface area contributed by atoms with E-state index in [1.165, 1.54) is 4.90 Å². The Bertz CT molecular complexity index is 777. The van der Waals surface area contributed by atoms with Crippen LogP contribution in [0, 0.1) is 0 Å². The summed E-state index contributed by atoms with van der Waals surface area (Å²) >= 11 is 0. The largest absolute Gasteiger partial charge is 0.358 e. The average Bonchev–Trinajstić information content (AvgIpc) is 2.95. The third kappa shape index (κ3) is 1.75. The summed E-state index contributed by atoms with van der Waals surface area (Å²) in [6.45, 7) is 0.704. The van der Waals surface area contributed by atoms with Gasteiger partial charge in [-0.3, -0.25) is 19.5 Å². The number of hydrogen-bond acceptors (Lipinski definition) is 3. The Balaban J connectivity index is 1.80. The lowest BCUT2D eigenvalue weighted by molar-refractivity contribution is -0.134. The zero-order valence-electron chi connectivity index (χ0n) is 11.4. The number of carbonyl (C=O) groups is 2. The van der Waals surface area contributed by atoms with Crippen molar-refractivity contribution in [3.05, 3.63) is 36.3 Å². The average molecular weight is 282 g/mol. The summed E-state index contributed by atoms with van der Waals surface area (Å²) < 4.78 is 0. The van der Waals surface area contributed by atoms with Gasteiger partial charge in [0.15, 0.2) is 0 Å². The van der Waals surface area contributed by atoms with E-state index in [2.05, 4.69) is 9.97 Å². The van der Waals surface area contributed by atoms with Gasteiger partial charge in [-0.25, -0.2) is 0 Å². The van der Waals surface area contributed by atoms with Crippen molar-refractivity contribution in [3.63, 3.8) is 0 Å². The third-order valence-corrected chi connectivity index (χ3v) is 3.98. The van der Waals surface area contributed by atoms with Crippen LogP contribution in [-0.2, 0) is 9.59 Å². The van der Waals surface area contributed by atoms with Crippen LogP contribution in [0.1, 0.15) is 12.8 Å². The molecule has 2 aromatic rings. The fraction of sp³-hybridized carbons (Fsp3) is 0.267. The van der Waals surface area contributed by atoms with Crippen molar-refractivity contribution < 1.29 is 9.59 Å². The van der Waals surface area contributed by atoms with Gasteiger partial charge in [0.2, 0.25) is 5.91 Å². The van der Waals surface area contributed by atoms with Gasteiger partial charge < -0.3 is 9.88 Å². The second-order valence-corrected chi connectivity index (χ2v) is 5.24. The Kier molecular flexibility index (Phi) is 2.57. The lowest BCUT2D eigenvalue weighted by Crippen LogP contribution is -2.53. The molecule has 0 bridgehead atoms. The highest BCUT2D eigenvalue weighted by molar-refractivity contribution is 6.16. The second kappa shape index (κ2) is 4.44. The molecule has 2 aliphatic rings. The molecule has 0 radical (unpaired) electrons. The maximum absolute atomic E-state index is 12.7. The monoisotopic (exact) mass is 282 g/mol. The van der Waals surface area contributed by atoms with Gasteiger partial charge in [0, 0.05) is 18.9 Å². The van der Waals surface area contributed by atoms with Gasteiger partial charge in [0.1, 0.15) is 17.8 Å². The Labute approximate surface area is 121 Å². The molecular weight excluding hydrogens is 268 g/mol. The summed E-state index contributed by atoms with van der Waals surface area (Å²) in [4.78, 5) is 35.5. The molecule has 0 aromatic carbocycles. The van der Waals surface area contributed by atoms with Crippen molar-refractivity contribution in [2.45, 2.75) is 12.8 Å². The number of carbonyl (C=O) groups excluding carboxylic acids is 2. The minimum Gasteiger partial charge on any atom is -0.358 e. The summed E-state index contributed by atoms with van der Waals surface area (Å²) in [5.74, 6) is -0.160. The van der Waals surface area contributed by atoms with Crippen LogP contribution in [-0.4, -0.2) is 39.8 Å². The zero-order valence-corrected chi connectivity index (χ0v) is 11.4. The Hall–Kier alpha value is -2.63. The molecule has 2 aromatic heterocycles. The summed E-state index contributed by atoms with van der Waals surface area (Å²) in [5.41, 5.74) is 2.73. The number of hydrogen-bond donors (Lipinski definition) is 1. The van der Waals surface area contributed by atoms with Crippen LogP contribution in [0.25, 0.3) is 11.0 Å². The third-order valence-electron chi connectivity index (χ3n) is 3.98. The zero-order chi connectivity index (χ0) is 14.4. The van der Waals surface area contributed by atoms with E-state index in [0.29, 0.717) is 23.4 Å². The van der Waals surface area contributed by atoms with E-state index >= 15 is 0 Å². The maximum atomic E-state index is 12.7. The molecule has 0 spiro atoms. The van der Waals surface area contributed by atoms with E-state index < -0.39 is 0 Å². The Morgan fingerprint density at radius 3 is 3.05 bits per heavy atom. The van der Waals surface area contributed by atoms with Gasteiger partial charge in [-0.1, -0.05) is 6.08 Å². The number of piperazine rings is 1. The molecule has 4 rings (SSSR count). The molecule has 6 heteroatoms. The van der Waals surface area contributed by atoms with Crippen LogP contribution >= 0.6 is 0 Å². The van der Waals surface area contributed by atoms with Crippen molar-refractivity contribution in [2.75, 3.05) is 18.0 Å². The number of anilines is 1. The summed E-state index contributed by atoms with van der Waals surface area (Å²) in [6, 6.07) is 3.73. The SMILES string of the molecule is O=C1CN(c2c[nH]c3cccnc23)C(=O)C2=CCCCN12. The molecule has 2 aliphatic heterocycles. The van der Waals surface area contributed by atoms with Crippen molar-refractivity contribution in [1.82, 2.24) is 14.9 Å². The van der Waals surface area contributed by atoms with Crippen LogP contribution in [0.4, 0.5) is 5.69 Å². The van der Waals surface area contributed by atoms with Gasteiger partial charge >= 0.3 is 0 Å². The minimum absolute atomic E-state index is 0.0363. The highest BCUT2D eigenvalue weighted by Gasteiger charge is 2.37. The molecule has 1 N–H and O–H groups in total. The van der Waals surface area contributed by atoms with E-state index in [9.17, 15) is 9.59 Å². The van der Waals surface area contributed by atoms with Crippen molar-refractivity contribution >= 4 is 28.5 Å². The number of nitrogens with zero attached hydrogens (tertiary/aromatic N) is 3. The Morgan fingerprint density at radius 1 is 1.24 bits per heavy atom. The molecule has 21 heavy (non-hydrogen) atoms. The topological polar surface area (TPSA) is 69.3 Å².